The minimum Gasteiger partial charge on any atom is -0.493 e. The lowest BCUT2D eigenvalue weighted by molar-refractivity contribution is 0.193. The standard InChI is InChI=1S/C30H29Cl2N3O3/c31-24-11-10-22(18-25(24)32)20-12-15-35(16-13-20)14-5-17-36-26-8-4-9-27-23(26)19-28(37-27)30(34)38-29(33)21-6-2-1-3-7-21/h1-4,6-11,18-20,33-34H,5,12-17H2. The van der Waals surface area contributed by atoms with E-state index in [-0.39, 0.29) is 17.6 Å². The van der Waals surface area contributed by atoms with Crippen molar-refractivity contribution in [3.63, 3.8) is 0 Å². The molecular weight excluding hydrogens is 521 g/mol. The van der Waals surface area contributed by atoms with Gasteiger partial charge < -0.3 is 18.8 Å². The second-order valence-corrected chi connectivity index (χ2v) is 10.2. The van der Waals surface area contributed by atoms with Crippen molar-refractivity contribution in [3.05, 3.63) is 99.7 Å². The molecule has 5 rings (SSSR count). The van der Waals surface area contributed by atoms with Crippen molar-refractivity contribution in [2.24, 2.45) is 0 Å². The van der Waals surface area contributed by atoms with E-state index in [4.69, 9.17) is 47.9 Å². The lowest BCUT2D eigenvalue weighted by atomic mass is 9.89. The van der Waals surface area contributed by atoms with Gasteiger partial charge in [0, 0.05) is 18.2 Å². The zero-order valence-corrected chi connectivity index (χ0v) is 22.4. The Hall–Kier alpha value is -3.32. The third kappa shape index (κ3) is 6.21. The van der Waals surface area contributed by atoms with Crippen LogP contribution in [0.1, 0.15) is 42.1 Å². The van der Waals surface area contributed by atoms with Crippen LogP contribution in [-0.2, 0) is 4.74 Å². The third-order valence-electron chi connectivity index (χ3n) is 6.86. The normalized spacial score (nSPS) is 14.5. The van der Waals surface area contributed by atoms with Gasteiger partial charge in [-0.25, -0.2) is 0 Å². The summed E-state index contributed by atoms with van der Waals surface area (Å²) < 4.78 is 17.3. The number of fused-ring (bicyclic) bond motifs is 1. The van der Waals surface area contributed by atoms with Crippen LogP contribution in [0.25, 0.3) is 11.0 Å². The second-order valence-electron chi connectivity index (χ2n) is 9.40. The minimum absolute atomic E-state index is 0.103. The molecule has 0 atom stereocenters. The summed E-state index contributed by atoms with van der Waals surface area (Å²) in [6.07, 6.45) is 3.11. The molecule has 4 aromatic rings. The minimum atomic E-state index is -0.217. The topological polar surface area (TPSA) is 82.5 Å². The lowest BCUT2D eigenvalue weighted by Crippen LogP contribution is -2.34. The molecule has 1 aliphatic heterocycles. The van der Waals surface area contributed by atoms with E-state index >= 15 is 0 Å². The van der Waals surface area contributed by atoms with E-state index in [0.717, 1.165) is 44.3 Å². The number of furan rings is 1. The Bertz CT molecular complexity index is 1430. The summed E-state index contributed by atoms with van der Waals surface area (Å²) in [7, 11) is 0. The van der Waals surface area contributed by atoms with Crippen LogP contribution in [-0.4, -0.2) is 42.9 Å². The SMILES string of the molecule is N=C(OC(=N)c1cc2c(OCCCN3CCC(c4ccc(Cl)c(Cl)c4)CC3)cccc2o1)c1ccccc1. The fraction of sp³-hybridized carbons (Fsp3) is 0.267. The number of piperidine rings is 1. The van der Waals surface area contributed by atoms with E-state index in [1.54, 1.807) is 18.2 Å². The summed E-state index contributed by atoms with van der Waals surface area (Å²) in [6, 6.07) is 22.3. The molecule has 0 bridgehead atoms. The monoisotopic (exact) mass is 549 g/mol. The van der Waals surface area contributed by atoms with E-state index in [0.29, 0.717) is 39.5 Å². The maximum absolute atomic E-state index is 8.27. The summed E-state index contributed by atoms with van der Waals surface area (Å²) in [5.41, 5.74) is 2.47. The molecule has 0 radical (unpaired) electrons. The van der Waals surface area contributed by atoms with E-state index < -0.39 is 0 Å². The van der Waals surface area contributed by atoms with Crippen LogP contribution in [0.5, 0.6) is 5.75 Å². The molecule has 8 heteroatoms. The quantitative estimate of drug-likeness (QED) is 0.134. The molecule has 3 aromatic carbocycles. The van der Waals surface area contributed by atoms with Gasteiger partial charge >= 0.3 is 0 Å². The number of halogens is 2. The fourth-order valence-electron chi connectivity index (χ4n) is 4.80. The predicted molar refractivity (Wildman–Crippen MR) is 152 cm³/mol. The largest absolute Gasteiger partial charge is 0.493 e. The van der Waals surface area contributed by atoms with Crippen LogP contribution >= 0.6 is 23.2 Å². The first-order chi connectivity index (χ1) is 18.5. The van der Waals surface area contributed by atoms with E-state index in [1.807, 2.05) is 48.5 Å². The molecule has 0 amide bonds. The van der Waals surface area contributed by atoms with Gasteiger partial charge in [0.1, 0.15) is 11.3 Å². The zero-order valence-electron chi connectivity index (χ0n) is 20.9. The Kier molecular flexibility index (Phi) is 8.32. The van der Waals surface area contributed by atoms with Gasteiger partial charge in [0.25, 0.3) is 5.90 Å². The molecule has 1 aliphatic rings. The number of nitrogens with one attached hydrogen (secondary N) is 2. The van der Waals surface area contributed by atoms with Gasteiger partial charge in [-0.2, -0.15) is 0 Å². The second kappa shape index (κ2) is 12.0. The highest BCUT2D eigenvalue weighted by atomic mass is 35.5. The van der Waals surface area contributed by atoms with E-state index in [9.17, 15) is 0 Å². The number of hydrogen-bond acceptors (Lipinski definition) is 6. The maximum Gasteiger partial charge on any atom is 0.257 e. The van der Waals surface area contributed by atoms with E-state index in [2.05, 4.69) is 11.0 Å². The molecule has 2 heterocycles. The summed E-state index contributed by atoms with van der Waals surface area (Å²) in [6.45, 7) is 3.65. The number of ether oxygens (including phenoxy) is 2. The molecule has 0 spiro atoms. The number of rotatable bonds is 8. The third-order valence-corrected chi connectivity index (χ3v) is 7.60. The van der Waals surface area contributed by atoms with Crippen molar-refractivity contribution in [2.45, 2.75) is 25.2 Å². The van der Waals surface area contributed by atoms with Crippen molar-refractivity contribution in [2.75, 3.05) is 26.2 Å². The summed E-state index contributed by atoms with van der Waals surface area (Å²) in [5, 5.41) is 18.4. The van der Waals surface area contributed by atoms with Gasteiger partial charge in [-0.15, -0.1) is 0 Å². The van der Waals surface area contributed by atoms with E-state index in [1.165, 1.54) is 5.56 Å². The summed E-state index contributed by atoms with van der Waals surface area (Å²) in [5.74, 6) is 1.16. The average Bonchev–Trinajstić information content (AvgIpc) is 3.39. The molecule has 6 nitrogen and oxygen atoms in total. The molecule has 0 aliphatic carbocycles. The van der Waals surface area contributed by atoms with Crippen molar-refractivity contribution in [3.8, 4) is 5.75 Å². The average molecular weight is 550 g/mol. The number of benzene rings is 3. The first-order valence-electron chi connectivity index (χ1n) is 12.7. The molecule has 1 saturated heterocycles. The van der Waals surface area contributed by atoms with Crippen molar-refractivity contribution < 1.29 is 13.9 Å². The predicted octanol–water partition coefficient (Wildman–Crippen LogP) is 7.76. The van der Waals surface area contributed by atoms with Crippen LogP contribution in [0.2, 0.25) is 10.0 Å². The first-order valence-corrected chi connectivity index (χ1v) is 13.5. The first kappa shape index (κ1) is 26.3. The summed E-state index contributed by atoms with van der Waals surface area (Å²) >= 11 is 12.3. The van der Waals surface area contributed by atoms with Gasteiger partial charge in [-0.1, -0.05) is 53.5 Å². The lowest BCUT2D eigenvalue weighted by Gasteiger charge is -2.32. The Morgan fingerprint density at radius 1 is 0.895 bits per heavy atom. The Labute approximate surface area is 232 Å². The molecule has 2 N–H and O–H groups in total. The maximum atomic E-state index is 8.27. The summed E-state index contributed by atoms with van der Waals surface area (Å²) in [4.78, 5) is 2.48. The molecule has 196 valence electrons. The molecule has 1 fully saturated rings. The van der Waals surface area contributed by atoms with Crippen LogP contribution in [0.15, 0.2) is 77.2 Å². The van der Waals surface area contributed by atoms with Crippen molar-refractivity contribution >= 4 is 46.0 Å². The Balaban J connectivity index is 1.11. The van der Waals surface area contributed by atoms with Crippen LogP contribution in [0.4, 0.5) is 0 Å². The van der Waals surface area contributed by atoms with Gasteiger partial charge in [0.05, 0.1) is 22.0 Å². The highest BCUT2D eigenvalue weighted by molar-refractivity contribution is 6.42. The number of hydrogen-bond donors (Lipinski definition) is 2. The van der Waals surface area contributed by atoms with Gasteiger partial charge in [-0.05, 0) is 80.2 Å². The highest BCUT2D eigenvalue weighted by Gasteiger charge is 2.21. The molecule has 0 unspecified atom stereocenters. The van der Waals surface area contributed by atoms with Crippen LogP contribution in [0, 0.1) is 10.8 Å². The van der Waals surface area contributed by atoms with Gasteiger partial charge in [0.15, 0.2) is 5.76 Å². The van der Waals surface area contributed by atoms with Crippen LogP contribution in [0.3, 0.4) is 0 Å². The zero-order chi connectivity index (χ0) is 26.5. The van der Waals surface area contributed by atoms with Crippen molar-refractivity contribution in [1.82, 2.24) is 4.90 Å². The highest BCUT2D eigenvalue weighted by Crippen LogP contribution is 2.33. The number of likely N-dealkylation sites (tertiary alicyclic amines) is 1. The Morgan fingerprint density at radius 2 is 1.68 bits per heavy atom. The molecule has 0 saturated carbocycles. The molecular formula is C30H29Cl2N3O3. The number of nitrogens with zero attached hydrogens (tertiary/aromatic N) is 1. The Morgan fingerprint density at radius 3 is 2.45 bits per heavy atom. The molecule has 1 aromatic heterocycles. The smallest absolute Gasteiger partial charge is 0.257 e. The van der Waals surface area contributed by atoms with Crippen molar-refractivity contribution in [1.29, 1.82) is 10.8 Å². The van der Waals surface area contributed by atoms with Crippen LogP contribution < -0.4 is 4.74 Å². The van der Waals surface area contributed by atoms with Gasteiger partial charge in [-0.3, -0.25) is 10.8 Å². The molecule has 38 heavy (non-hydrogen) atoms. The fourth-order valence-corrected chi connectivity index (χ4v) is 5.11. The van der Waals surface area contributed by atoms with Gasteiger partial charge in [0.2, 0.25) is 5.90 Å².